The molecule has 96 valence electrons. The summed E-state index contributed by atoms with van der Waals surface area (Å²) in [6, 6.07) is 0. The first-order chi connectivity index (χ1) is 7.80. The van der Waals surface area contributed by atoms with Crippen LogP contribution < -0.4 is 4.52 Å². The second kappa shape index (κ2) is 5.40. The van der Waals surface area contributed by atoms with Crippen LogP contribution in [0, 0.1) is 0 Å². The van der Waals surface area contributed by atoms with Crippen LogP contribution in [0.15, 0.2) is 12.4 Å². The highest BCUT2D eigenvalue weighted by atomic mass is 32.5. The Morgan fingerprint density at radius 1 is 1.12 bits per heavy atom. The van der Waals surface area contributed by atoms with Gasteiger partial charge in [0.1, 0.15) is 5.82 Å². The fourth-order valence-electron chi connectivity index (χ4n) is 1.03. The van der Waals surface area contributed by atoms with Crippen molar-refractivity contribution in [1.82, 2.24) is 9.97 Å². The molecule has 0 saturated carbocycles. The van der Waals surface area contributed by atoms with Crippen LogP contribution in [0.2, 0.25) is 0 Å². The van der Waals surface area contributed by atoms with Crippen molar-refractivity contribution < 1.29 is 13.6 Å². The summed E-state index contributed by atoms with van der Waals surface area (Å²) >= 11 is 5.08. The van der Waals surface area contributed by atoms with Crippen LogP contribution in [0.4, 0.5) is 0 Å². The van der Waals surface area contributed by atoms with Crippen molar-refractivity contribution in [1.29, 1.82) is 0 Å². The van der Waals surface area contributed by atoms with Gasteiger partial charge in [0.2, 0.25) is 0 Å². The van der Waals surface area contributed by atoms with E-state index in [9.17, 15) is 0 Å². The maximum atomic E-state index is 5.42. The predicted molar refractivity (Wildman–Crippen MR) is 69.7 cm³/mol. The predicted octanol–water partition coefficient (Wildman–Crippen LogP) is 2.67. The third kappa shape index (κ3) is 4.00. The highest BCUT2D eigenvalue weighted by molar-refractivity contribution is 8.07. The smallest absolute Gasteiger partial charge is 0.380 e. The monoisotopic (exact) mass is 276 g/mol. The molecule has 0 bridgehead atoms. The van der Waals surface area contributed by atoms with Crippen molar-refractivity contribution in [3.8, 4) is 5.75 Å². The van der Waals surface area contributed by atoms with E-state index < -0.39 is 6.72 Å². The largest absolute Gasteiger partial charge is 0.421 e. The molecule has 1 rings (SSSR count). The molecular weight excluding hydrogens is 259 g/mol. The molecule has 0 spiro atoms. The molecule has 0 atom stereocenters. The molecule has 0 aliphatic heterocycles. The maximum Gasteiger partial charge on any atom is 0.380 e. The van der Waals surface area contributed by atoms with E-state index in [1.54, 1.807) is 12.4 Å². The lowest BCUT2D eigenvalue weighted by Crippen LogP contribution is -2.15. The zero-order chi connectivity index (χ0) is 13.1. The minimum Gasteiger partial charge on any atom is -0.421 e. The Balaban J connectivity index is 2.86. The molecule has 1 aromatic heterocycles. The summed E-state index contributed by atoms with van der Waals surface area (Å²) in [7, 11) is 2.91. The maximum absolute atomic E-state index is 5.42. The molecule has 7 heteroatoms. The molecule has 0 N–H and O–H groups in total. The molecule has 0 unspecified atom stereocenters. The van der Waals surface area contributed by atoms with Gasteiger partial charge in [-0.2, -0.15) is 0 Å². The Kier molecular flexibility index (Phi) is 4.61. The first-order valence-corrected chi connectivity index (χ1v) is 7.60. The number of hydrogen-bond acceptors (Lipinski definition) is 6. The van der Waals surface area contributed by atoms with Gasteiger partial charge in [-0.05, 0) is 0 Å². The highest BCUT2D eigenvalue weighted by Gasteiger charge is 2.20. The van der Waals surface area contributed by atoms with Crippen LogP contribution in [0.3, 0.4) is 0 Å². The van der Waals surface area contributed by atoms with Crippen molar-refractivity contribution >= 4 is 18.5 Å². The van der Waals surface area contributed by atoms with Gasteiger partial charge in [-0.3, -0.25) is 0 Å². The Morgan fingerprint density at radius 2 is 1.59 bits per heavy atom. The Hall–Kier alpha value is -0.550. The van der Waals surface area contributed by atoms with Crippen LogP contribution in [-0.4, -0.2) is 24.2 Å². The summed E-state index contributed by atoms with van der Waals surface area (Å²) in [6.45, 7) is 3.41. The van der Waals surface area contributed by atoms with E-state index in [0.717, 1.165) is 5.82 Å². The summed E-state index contributed by atoms with van der Waals surface area (Å²) in [5.74, 6) is 1.19. The van der Waals surface area contributed by atoms with Crippen LogP contribution in [0.1, 0.15) is 26.6 Å². The van der Waals surface area contributed by atoms with Crippen LogP contribution in [0.25, 0.3) is 0 Å². The van der Waals surface area contributed by atoms with Gasteiger partial charge in [-0.15, -0.1) is 0 Å². The number of rotatable bonds is 4. The fourth-order valence-corrected chi connectivity index (χ4v) is 1.94. The van der Waals surface area contributed by atoms with E-state index in [4.69, 9.17) is 25.4 Å². The Morgan fingerprint density at radius 3 is 1.94 bits per heavy atom. The molecule has 0 aromatic carbocycles. The first-order valence-electron chi connectivity index (χ1n) is 5.04. The van der Waals surface area contributed by atoms with Crippen molar-refractivity contribution in [2.75, 3.05) is 14.2 Å². The minimum atomic E-state index is -2.71. The molecule has 0 aliphatic carbocycles. The van der Waals surface area contributed by atoms with Gasteiger partial charge in [0.25, 0.3) is 0 Å². The Bertz CT molecular complexity index is 409. The Labute approximate surface area is 107 Å². The van der Waals surface area contributed by atoms with E-state index in [-0.39, 0.29) is 5.41 Å². The summed E-state index contributed by atoms with van der Waals surface area (Å²) in [4.78, 5) is 8.45. The van der Waals surface area contributed by atoms with Gasteiger partial charge >= 0.3 is 6.72 Å². The first kappa shape index (κ1) is 14.5. The van der Waals surface area contributed by atoms with Gasteiger partial charge in [-0.25, -0.2) is 9.97 Å². The fraction of sp³-hybridized carbons (Fsp3) is 0.600. The van der Waals surface area contributed by atoms with Gasteiger partial charge in [0.05, 0.1) is 12.4 Å². The minimum absolute atomic E-state index is 0.0960. The highest BCUT2D eigenvalue weighted by Crippen LogP contribution is 2.47. The normalized spacial score (nSPS) is 12.5. The van der Waals surface area contributed by atoms with Crippen LogP contribution in [0.5, 0.6) is 5.75 Å². The molecule has 5 nitrogen and oxygen atoms in total. The SMILES string of the molecule is COP(=S)(OC)Oc1cnc(C(C)(C)C)nc1. The molecule has 0 radical (unpaired) electrons. The molecule has 0 aliphatic rings. The second-order valence-electron chi connectivity index (χ2n) is 4.40. The van der Waals surface area contributed by atoms with Crippen molar-refractivity contribution in [3.05, 3.63) is 18.2 Å². The molecule has 1 heterocycles. The standard InChI is InChI=1S/C10H17N2O3PS/c1-10(2,3)9-11-6-8(7-12-9)15-16(17,13-4)14-5/h6-7H,1-5H3. The lowest BCUT2D eigenvalue weighted by molar-refractivity contribution is 0.272. The summed E-state index contributed by atoms with van der Waals surface area (Å²) in [5, 5.41) is 0. The van der Waals surface area contributed by atoms with E-state index in [1.807, 2.05) is 20.8 Å². The number of nitrogens with zero attached hydrogens (tertiary/aromatic N) is 2. The van der Waals surface area contributed by atoms with Gasteiger partial charge in [-0.1, -0.05) is 20.8 Å². The molecule has 0 saturated heterocycles. The zero-order valence-corrected chi connectivity index (χ0v) is 12.3. The lowest BCUT2D eigenvalue weighted by atomic mass is 9.96. The summed E-state index contributed by atoms with van der Waals surface area (Å²) < 4.78 is 15.5. The molecule has 0 amide bonds. The van der Waals surface area contributed by atoms with Gasteiger partial charge in [0.15, 0.2) is 5.75 Å². The second-order valence-corrected chi connectivity index (χ2v) is 7.54. The summed E-state index contributed by atoms with van der Waals surface area (Å²) in [6.07, 6.45) is 3.15. The quantitative estimate of drug-likeness (QED) is 0.788. The molecule has 1 aromatic rings. The zero-order valence-electron chi connectivity index (χ0n) is 10.6. The van der Waals surface area contributed by atoms with E-state index in [2.05, 4.69) is 9.97 Å². The number of aromatic nitrogens is 2. The third-order valence-corrected chi connectivity index (χ3v) is 4.41. The van der Waals surface area contributed by atoms with Crippen molar-refractivity contribution in [3.63, 3.8) is 0 Å². The average Bonchev–Trinajstić information content (AvgIpc) is 2.28. The topological polar surface area (TPSA) is 53.5 Å². The van der Waals surface area contributed by atoms with E-state index in [0.29, 0.717) is 5.75 Å². The summed E-state index contributed by atoms with van der Waals surface area (Å²) in [5.41, 5.74) is -0.0960. The van der Waals surface area contributed by atoms with Crippen molar-refractivity contribution in [2.45, 2.75) is 26.2 Å². The van der Waals surface area contributed by atoms with E-state index in [1.165, 1.54) is 14.2 Å². The van der Waals surface area contributed by atoms with E-state index >= 15 is 0 Å². The van der Waals surface area contributed by atoms with Crippen LogP contribution >= 0.6 is 6.72 Å². The van der Waals surface area contributed by atoms with Crippen molar-refractivity contribution in [2.24, 2.45) is 0 Å². The average molecular weight is 276 g/mol. The van der Waals surface area contributed by atoms with Gasteiger partial charge in [0, 0.05) is 31.4 Å². The molecule has 0 fully saturated rings. The molecule has 17 heavy (non-hydrogen) atoms. The third-order valence-electron chi connectivity index (χ3n) is 1.96. The molecular formula is C10H17N2O3PS. The van der Waals surface area contributed by atoms with Crippen LogP contribution in [-0.2, 0) is 26.3 Å². The number of hydrogen-bond donors (Lipinski definition) is 0. The van der Waals surface area contributed by atoms with Gasteiger partial charge < -0.3 is 13.6 Å². The lowest BCUT2D eigenvalue weighted by Gasteiger charge is -2.19.